The van der Waals surface area contributed by atoms with Gasteiger partial charge in [0.1, 0.15) is 0 Å². The smallest absolute Gasteiger partial charge is 0.238 e. The molecule has 0 N–H and O–H groups in total. The van der Waals surface area contributed by atoms with Crippen LogP contribution in [0.15, 0.2) is 127 Å². The van der Waals surface area contributed by atoms with Crippen LogP contribution in [-0.2, 0) is 0 Å². The number of fused-ring (bicyclic) bond motifs is 4. The van der Waals surface area contributed by atoms with Crippen molar-refractivity contribution in [1.82, 2.24) is 19.5 Å². The van der Waals surface area contributed by atoms with Crippen LogP contribution in [0.4, 0.5) is 11.4 Å². The molecule has 1 atom stereocenters. The molecule has 6 aromatic rings. The molecule has 5 nitrogen and oxygen atoms in total. The molecule has 5 heteroatoms. The minimum atomic E-state index is 0.362. The number of aromatic nitrogens is 4. The molecule has 0 saturated heterocycles. The largest absolute Gasteiger partial charge is 0.314 e. The van der Waals surface area contributed by atoms with E-state index in [2.05, 4.69) is 120 Å². The first-order chi connectivity index (χ1) is 21.7. The lowest BCUT2D eigenvalue weighted by atomic mass is 9.90. The third kappa shape index (κ3) is 4.36. The van der Waals surface area contributed by atoms with Crippen molar-refractivity contribution >= 4 is 34.4 Å². The molecule has 0 spiro atoms. The molecule has 0 saturated carbocycles. The van der Waals surface area contributed by atoms with Gasteiger partial charge in [-0.25, -0.2) is 4.98 Å². The summed E-state index contributed by atoms with van der Waals surface area (Å²) < 4.78 is 2.24. The lowest BCUT2D eigenvalue weighted by Gasteiger charge is -2.27. The van der Waals surface area contributed by atoms with Gasteiger partial charge in [0.15, 0.2) is 11.6 Å². The van der Waals surface area contributed by atoms with Gasteiger partial charge < -0.3 is 4.90 Å². The number of anilines is 2. The molecular formula is C39H31N5. The van der Waals surface area contributed by atoms with Crippen LogP contribution in [0.1, 0.15) is 43.0 Å². The van der Waals surface area contributed by atoms with Gasteiger partial charge in [0.05, 0.1) is 16.9 Å². The zero-order chi connectivity index (χ0) is 29.6. The highest BCUT2D eigenvalue weighted by atomic mass is 15.2. The molecule has 8 rings (SSSR count). The van der Waals surface area contributed by atoms with E-state index >= 15 is 0 Å². The standard InChI is InChI=1S/C39H31N5/c1-26-14-12-23-33-36(26)32-24-30-20-13-15-27(2)43(31-21-10-5-11-22-31)34(30)25-35(32)44(33)39-41-37(28-16-6-3-7-17-28)40-38(42-39)29-18-8-4-9-19-29/h3-13,15-26H,14H2,1-2H3. The molecule has 1 aliphatic heterocycles. The van der Waals surface area contributed by atoms with E-state index in [4.69, 9.17) is 15.0 Å². The van der Waals surface area contributed by atoms with Gasteiger partial charge in [-0.15, -0.1) is 0 Å². The van der Waals surface area contributed by atoms with E-state index in [1.807, 2.05) is 36.4 Å². The number of benzene rings is 4. The van der Waals surface area contributed by atoms with Crippen LogP contribution in [0, 0.1) is 0 Å². The average molecular weight is 570 g/mol. The highest BCUT2D eigenvalue weighted by molar-refractivity contribution is 5.97. The van der Waals surface area contributed by atoms with Crippen molar-refractivity contribution in [2.75, 3.05) is 4.90 Å². The maximum atomic E-state index is 5.15. The Bertz CT molecular complexity index is 2050. The average Bonchev–Trinajstić information content (AvgIpc) is 3.30. The van der Waals surface area contributed by atoms with E-state index in [0.29, 0.717) is 23.5 Å². The van der Waals surface area contributed by atoms with Gasteiger partial charge in [-0.05, 0) is 66.8 Å². The van der Waals surface area contributed by atoms with Crippen LogP contribution in [0.25, 0.3) is 51.8 Å². The maximum absolute atomic E-state index is 5.15. The number of allylic oxidation sites excluding steroid dienone is 4. The Morgan fingerprint density at radius 3 is 2.02 bits per heavy atom. The first kappa shape index (κ1) is 26.1. The number of hydrogen-bond donors (Lipinski definition) is 0. The molecule has 212 valence electrons. The number of hydrogen-bond acceptors (Lipinski definition) is 4. The van der Waals surface area contributed by atoms with Gasteiger partial charge in [0, 0.05) is 27.9 Å². The van der Waals surface area contributed by atoms with Crippen LogP contribution >= 0.6 is 0 Å². The second-order valence-electron chi connectivity index (χ2n) is 11.5. The van der Waals surface area contributed by atoms with Crippen molar-refractivity contribution in [3.8, 4) is 28.7 Å². The number of para-hydroxylation sites is 1. The highest BCUT2D eigenvalue weighted by Crippen LogP contribution is 2.44. The Hall–Kier alpha value is -5.55. The van der Waals surface area contributed by atoms with Gasteiger partial charge in [0.25, 0.3) is 0 Å². The normalized spacial score (nSPS) is 15.5. The van der Waals surface area contributed by atoms with E-state index in [1.54, 1.807) is 0 Å². The molecule has 44 heavy (non-hydrogen) atoms. The SMILES string of the molecule is CC1=CC=Cc2cc3c4c(n(-c5nc(-c6ccccc6)nc(-c6ccccc6)n5)c3cc2N1c1ccccc1)C=CCC4C. The van der Waals surface area contributed by atoms with E-state index < -0.39 is 0 Å². The van der Waals surface area contributed by atoms with Crippen LogP contribution < -0.4 is 4.90 Å². The fourth-order valence-corrected chi connectivity index (χ4v) is 6.48. The molecule has 3 heterocycles. The Balaban J connectivity index is 1.44. The second kappa shape index (κ2) is 10.6. The highest BCUT2D eigenvalue weighted by Gasteiger charge is 2.27. The van der Waals surface area contributed by atoms with Crippen LogP contribution in [0.5, 0.6) is 0 Å². The fraction of sp³-hybridized carbons (Fsp3) is 0.103. The van der Waals surface area contributed by atoms with E-state index in [-0.39, 0.29) is 0 Å². The second-order valence-corrected chi connectivity index (χ2v) is 11.5. The number of rotatable bonds is 4. The van der Waals surface area contributed by atoms with Crippen molar-refractivity contribution in [1.29, 1.82) is 0 Å². The van der Waals surface area contributed by atoms with Crippen LogP contribution in [0.2, 0.25) is 0 Å². The predicted octanol–water partition coefficient (Wildman–Crippen LogP) is 9.74. The topological polar surface area (TPSA) is 46.8 Å². The van der Waals surface area contributed by atoms with Gasteiger partial charge in [-0.2, -0.15) is 9.97 Å². The monoisotopic (exact) mass is 569 g/mol. The van der Waals surface area contributed by atoms with Gasteiger partial charge >= 0.3 is 0 Å². The summed E-state index contributed by atoms with van der Waals surface area (Å²) in [6.07, 6.45) is 12.1. The molecule has 1 unspecified atom stereocenters. The summed E-state index contributed by atoms with van der Waals surface area (Å²) >= 11 is 0. The minimum absolute atomic E-state index is 0.362. The van der Waals surface area contributed by atoms with Crippen molar-refractivity contribution in [2.45, 2.75) is 26.2 Å². The van der Waals surface area contributed by atoms with Crippen LogP contribution in [0.3, 0.4) is 0 Å². The molecule has 0 amide bonds. The Morgan fingerprint density at radius 2 is 1.36 bits per heavy atom. The summed E-state index contributed by atoms with van der Waals surface area (Å²) in [6, 6.07) is 35.6. The van der Waals surface area contributed by atoms with Crippen molar-refractivity contribution in [3.05, 3.63) is 144 Å². The van der Waals surface area contributed by atoms with Gasteiger partial charge in [0.2, 0.25) is 5.95 Å². The Morgan fingerprint density at radius 1 is 0.727 bits per heavy atom. The first-order valence-electron chi connectivity index (χ1n) is 15.1. The number of nitrogens with zero attached hydrogens (tertiary/aromatic N) is 5. The lowest BCUT2D eigenvalue weighted by molar-refractivity contribution is 0.769. The molecule has 1 aliphatic carbocycles. The Labute approximate surface area is 257 Å². The Kier molecular flexibility index (Phi) is 6.30. The summed E-state index contributed by atoms with van der Waals surface area (Å²) in [4.78, 5) is 17.6. The molecule has 2 aromatic heterocycles. The van der Waals surface area contributed by atoms with E-state index in [1.165, 1.54) is 16.5 Å². The molecule has 0 radical (unpaired) electrons. The quantitative estimate of drug-likeness (QED) is 0.212. The molecule has 0 fully saturated rings. The third-order valence-electron chi connectivity index (χ3n) is 8.56. The minimum Gasteiger partial charge on any atom is -0.314 e. The zero-order valence-electron chi connectivity index (χ0n) is 24.7. The van der Waals surface area contributed by atoms with Crippen molar-refractivity contribution in [3.63, 3.8) is 0 Å². The lowest BCUT2D eigenvalue weighted by Crippen LogP contribution is -2.15. The van der Waals surface area contributed by atoms with Gasteiger partial charge in [-0.3, -0.25) is 4.57 Å². The molecule has 0 bridgehead atoms. The van der Waals surface area contributed by atoms with E-state index in [0.717, 1.165) is 45.8 Å². The summed E-state index contributed by atoms with van der Waals surface area (Å²) in [5.74, 6) is 2.28. The van der Waals surface area contributed by atoms with Gasteiger partial charge in [-0.1, -0.05) is 104 Å². The molecular weight excluding hydrogens is 538 g/mol. The summed E-state index contributed by atoms with van der Waals surface area (Å²) in [5, 5.41) is 1.23. The fourth-order valence-electron chi connectivity index (χ4n) is 6.48. The first-order valence-corrected chi connectivity index (χ1v) is 15.1. The molecule has 4 aromatic carbocycles. The third-order valence-corrected chi connectivity index (χ3v) is 8.56. The zero-order valence-corrected chi connectivity index (χ0v) is 24.7. The maximum Gasteiger partial charge on any atom is 0.238 e. The summed E-state index contributed by atoms with van der Waals surface area (Å²) in [6.45, 7) is 4.48. The van der Waals surface area contributed by atoms with E-state index in [9.17, 15) is 0 Å². The van der Waals surface area contributed by atoms with Crippen molar-refractivity contribution in [2.24, 2.45) is 0 Å². The summed E-state index contributed by atoms with van der Waals surface area (Å²) in [7, 11) is 0. The summed E-state index contributed by atoms with van der Waals surface area (Å²) in [5.41, 5.74) is 10.0. The predicted molar refractivity (Wildman–Crippen MR) is 181 cm³/mol. The van der Waals surface area contributed by atoms with Crippen molar-refractivity contribution < 1.29 is 0 Å². The van der Waals surface area contributed by atoms with Crippen LogP contribution in [-0.4, -0.2) is 19.5 Å². The molecule has 2 aliphatic rings.